The van der Waals surface area contributed by atoms with Crippen LogP contribution in [0.25, 0.3) is 11.1 Å². The van der Waals surface area contributed by atoms with E-state index in [0.29, 0.717) is 6.42 Å². The van der Waals surface area contributed by atoms with E-state index in [-0.39, 0.29) is 31.4 Å². The summed E-state index contributed by atoms with van der Waals surface area (Å²) in [6.45, 7) is 1.45. The molecule has 1 unspecified atom stereocenters. The van der Waals surface area contributed by atoms with Gasteiger partial charge in [0.15, 0.2) is 0 Å². The smallest absolute Gasteiger partial charge is 0.407 e. The lowest BCUT2D eigenvalue weighted by Crippen LogP contribution is -2.33. The van der Waals surface area contributed by atoms with E-state index in [1.807, 2.05) is 48.5 Å². The average Bonchev–Trinajstić information content (AvgIpc) is 3.24. The molecule has 0 spiro atoms. The van der Waals surface area contributed by atoms with Crippen LogP contribution in [0.3, 0.4) is 0 Å². The maximum Gasteiger partial charge on any atom is 0.407 e. The lowest BCUT2D eigenvalue weighted by atomic mass is 9.98. The van der Waals surface area contributed by atoms with Crippen molar-refractivity contribution in [3.8, 4) is 11.1 Å². The molecule has 0 radical (unpaired) electrons. The lowest BCUT2D eigenvalue weighted by Gasteiger charge is -2.14. The standard InChI is InChI=1S/C26H28F2N2O5/c1-2-15(11-22(31)32)12-29-24(33)23-21(26(23,27)28)13-30-25(34)35-14-20-18-9-5-3-7-16(18)17-8-4-6-10-19(17)20/h3-10,15,20-21,23H,2,11-14H2,1H3,(H,29,33)(H,30,34)(H,31,32)/t15?,21-,23-/m0/s1. The van der Waals surface area contributed by atoms with Gasteiger partial charge in [-0.1, -0.05) is 61.9 Å². The second-order valence-corrected chi connectivity index (χ2v) is 9.08. The summed E-state index contributed by atoms with van der Waals surface area (Å²) in [5.41, 5.74) is 4.25. The van der Waals surface area contributed by atoms with Crippen molar-refractivity contribution in [3.63, 3.8) is 0 Å². The van der Waals surface area contributed by atoms with E-state index < -0.39 is 42.3 Å². The first kappa shape index (κ1) is 24.6. The molecule has 0 saturated heterocycles. The minimum absolute atomic E-state index is 0.0146. The van der Waals surface area contributed by atoms with E-state index in [1.54, 1.807) is 6.92 Å². The van der Waals surface area contributed by atoms with Crippen LogP contribution in [0.2, 0.25) is 0 Å². The minimum atomic E-state index is -3.24. The second kappa shape index (κ2) is 10.0. The number of carbonyl (C=O) groups is 3. The fourth-order valence-electron chi connectivity index (χ4n) is 4.81. The highest BCUT2D eigenvalue weighted by Gasteiger charge is 2.71. The van der Waals surface area contributed by atoms with Gasteiger partial charge in [-0.05, 0) is 28.2 Å². The zero-order valence-electron chi connectivity index (χ0n) is 19.3. The molecule has 3 N–H and O–H groups in total. The molecule has 186 valence electrons. The lowest BCUT2D eigenvalue weighted by molar-refractivity contribution is -0.138. The normalized spacial score (nSPS) is 20.3. The number of alkyl carbamates (subject to hydrolysis) is 1. The number of carbonyl (C=O) groups excluding carboxylic acids is 2. The summed E-state index contributed by atoms with van der Waals surface area (Å²) in [4.78, 5) is 35.3. The van der Waals surface area contributed by atoms with Crippen molar-refractivity contribution in [1.29, 1.82) is 0 Å². The first-order valence-electron chi connectivity index (χ1n) is 11.7. The Bertz CT molecular complexity index is 1080. The number of halogens is 2. The van der Waals surface area contributed by atoms with Crippen LogP contribution in [0.5, 0.6) is 0 Å². The fraction of sp³-hybridized carbons (Fsp3) is 0.423. The van der Waals surface area contributed by atoms with Crippen molar-refractivity contribution < 1.29 is 33.0 Å². The Morgan fingerprint density at radius 1 is 1.03 bits per heavy atom. The number of amides is 2. The molecule has 2 aromatic carbocycles. The van der Waals surface area contributed by atoms with Crippen LogP contribution in [-0.2, 0) is 14.3 Å². The molecule has 0 bridgehead atoms. The summed E-state index contributed by atoms with van der Waals surface area (Å²) < 4.78 is 33.7. The summed E-state index contributed by atoms with van der Waals surface area (Å²) in [5, 5.41) is 13.7. The van der Waals surface area contributed by atoms with Gasteiger partial charge in [0, 0.05) is 25.4 Å². The number of rotatable bonds is 10. The summed E-state index contributed by atoms with van der Waals surface area (Å²) in [5.74, 6) is -8.45. The number of alkyl halides is 2. The molecule has 0 aromatic heterocycles. The molecule has 9 heteroatoms. The summed E-state index contributed by atoms with van der Waals surface area (Å²) in [6.07, 6.45) is -0.466. The van der Waals surface area contributed by atoms with Gasteiger partial charge in [0.05, 0.1) is 5.92 Å². The quantitative estimate of drug-likeness (QED) is 0.471. The Labute approximate surface area is 201 Å². The molecular weight excluding hydrogens is 458 g/mol. The Morgan fingerprint density at radius 2 is 1.63 bits per heavy atom. The summed E-state index contributed by atoms with van der Waals surface area (Å²) in [7, 11) is 0. The number of benzene rings is 2. The van der Waals surface area contributed by atoms with Gasteiger partial charge in [-0.3, -0.25) is 9.59 Å². The highest BCUT2D eigenvalue weighted by Crippen LogP contribution is 2.55. The van der Waals surface area contributed by atoms with E-state index in [9.17, 15) is 23.2 Å². The number of nitrogens with one attached hydrogen (secondary N) is 2. The van der Waals surface area contributed by atoms with E-state index >= 15 is 0 Å². The van der Waals surface area contributed by atoms with Gasteiger partial charge in [0.25, 0.3) is 5.92 Å². The third kappa shape index (κ3) is 5.13. The number of hydrogen-bond donors (Lipinski definition) is 3. The molecule has 1 fully saturated rings. The Kier molecular flexibility index (Phi) is 7.05. The zero-order chi connectivity index (χ0) is 25.2. The van der Waals surface area contributed by atoms with Gasteiger partial charge < -0.3 is 20.5 Å². The fourth-order valence-corrected chi connectivity index (χ4v) is 4.81. The molecule has 35 heavy (non-hydrogen) atoms. The van der Waals surface area contributed by atoms with Crippen molar-refractivity contribution >= 4 is 18.0 Å². The van der Waals surface area contributed by atoms with Crippen LogP contribution < -0.4 is 10.6 Å². The molecular formula is C26H28F2N2O5. The summed E-state index contributed by atoms with van der Waals surface area (Å²) in [6, 6.07) is 15.7. The molecule has 2 aliphatic rings. The Morgan fingerprint density at radius 3 is 2.20 bits per heavy atom. The van der Waals surface area contributed by atoms with Crippen LogP contribution in [-0.4, -0.2) is 48.7 Å². The molecule has 7 nitrogen and oxygen atoms in total. The maximum atomic E-state index is 14.2. The molecule has 1 saturated carbocycles. The maximum absolute atomic E-state index is 14.2. The molecule has 4 rings (SSSR count). The predicted octanol–water partition coefficient (Wildman–Crippen LogP) is 4.02. The predicted molar refractivity (Wildman–Crippen MR) is 124 cm³/mol. The topological polar surface area (TPSA) is 105 Å². The van der Waals surface area contributed by atoms with Crippen molar-refractivity contribution in [2.24, 2.45) is 17.8 Å². The number of aliphatic carboxylic acids is 1. The molecule has 0 heterocycles. The van der Waals surface area contributed by atoms with Gasteiger partial charge in [-0.15, -0.1) is 0 Å². The van der Waals surface area contributed by atoms with Crippen LogP contribution in [0, 0.1) is 17.8 Å². The highest BCUT2D eigenvalue weighted by molar-refractivity contribution is 5.84. The first-order chi connectivity index (χ1) is 16.7. The van der Waals surface area contributed by atoms with Crippen molar-refractivity contribution in [2.75, 3.05) is 19.7 Å². The molecule has 2 aromatic rings. The second-order valence-electron chi connectivity index (χ2n) is 9.08. The van der Waals surface area contributed by atoms with E-state index in [4.69, 9.17) is 9.84 Å². The number of hydrogen-bond acceptors (Lipinski definition) is 4. The zero-order valence-corrected chi connectivity index (χ0v) is 19.3. The number of carboxylic acid groups (broad SMARTS) is 1. The van der Waals surface area contributed by atoms with Crippen LogP contribution >= 0.6 is 0 Å². The largest absolute Gasteiger partial charge is 0.481 e. The summed E-state index contributed by atoms with van der Waals surface area (Å²) >= 11 is 0. The van der Waals surface area contributed by atoms with Gasteiger partial charge in [0.2, 0.25) is 5.91 Å². The van der Waals surface area contributed by atoms with Crippen molar-refractivity contribution in [3.05, 3.63) is 59.7 Å². The monoisotopic (exact) mass is 486 g/mol. The van der Waals surface area contributed by atoms with Crippen LogP contribution in [0.1, 0.15) is 36.8 Å². The third-order valence-electron chi connectivity index (χ3n) is 6.90. The number of fused-ring (bicyclic) bond motifs is 3. The average molecular weight is 487 g/mol. The van der Waals surface area contributed by atoms with E-state index in [1.165, 1.54) is 0 Å². The molecule has 2 amide bonds. The van der Waals surface area contributed by atoms with Crippen molar-refractivity contribution in [1.82, 2.24) is 10.6 Å². The third-order valence-corrected chi connectivity index (χ3v) is 6.90. The SMILES string of the molecule is CCC(CNC(=O)[C@@H]1[C@H](CNC(=O)OCC2c3ccccc3-c3ccccc32)C1(F)F)CC(=O)O. The van der Waals surface area contributed by atoms with Gasteiger partial charge in [-0.25, -0.2) is 13.6 Å². The van der Waals surface area contributed by atoms with Gasteiger partial charge >= 0.3 is 12.1 Å². The van der Waals surface area contributed by atoms with E-state index in [0.717, 1.165) is 22.3 Å². The molecule has 3 atom stereocenters. The van der Waals surface area contributed by atoms with Gasteiger partial charge in [-0.2, -0.15) is 0 Å². The van der Waals surface area contributed by atoms with Crippen LogP contribution in [0.15, 0.2) is 48.5 Å². The van der Waals surface area contributed by atoms with Gasteiger partial charge in [0.1, 0.15) is 12.5 Å². The van der Waals surface area contributed by atoms with E-state index in [2.05, 4.69) is 10.6 Å². The molecule has 0 aliphatic heterocycles. The first-order valence-corrected chi connectivity index (χ1v) is 11.7. The van der Waals surface area contributed by atoms with Crippen molar-refractivity contribution in [2.45, 2.75) is 31.6 Å². The van der Waals surface area contributed by atoms with Crippen LogP contribution in [0.4, 0.5) is 13.6 Å². The number of carboxylic acids is 1. The highest BCUT2D eigenvalue weighted by atomic mass is 19.3. The minimum Gasteiger partial charge on any atom is -0.481 e. The Balaban J connectivity index is 1.27. The Hall–Kier alpha value is -3.49. The molecule has 2 aliphatic carbocycles. The number of ether oxygens (including phenoxy) is 1.